The van der Waals surface area contributed by atoms with Crippen molar-refractivity contribution < 1.29 is 14.3 Å². The first-order chi connectivity index (χ1) is 10.6. The van der Waals surface area contributed by atoms with Gasteiger partial charge in [-0.1, -0.05) is 6.07 Å². The Morgan fingerprint density at radius 2 is 2.50 bits per heavy atom. The molecule has 0 unspecified atom stereocenters. The molecule has 0 bridgehead atoms. The summed E-state index contributed by atoms with van der Waals surface area (Å²) in [7, 11) is 0. The molecular weight excluding hydrogens is 323 g/mol. The normalized spacial score (nSPS) is 23.6. The monoisotopic (exact) mass is 346 g/mol. The van der Waals surface area contributed by atoms with Gasteiger partial charge >= 0.3 is 0 Å². The summed E-state index contributed by atoms with van der Waals surface area (Å²) in [6.45, 7) is 1.52. The average molecular weight is 346 g/mol. The van der Waals surface area contributed by atoms with Gasteiger partial charge in [0, 0.05) is 30.6 Å². The lowest BCUT2D eigenvalue weighted by Gasteiger charge is -2.24. The Balaban J connectivity index is 1.80. The Labute approximate surface area is 139 Å². The molecule has 2 heterocycles. The number of nitrogens with one attached hydrogen (secondary N) is 1. The highest BCUT2D eigenvalue weighted by molar-refractivity contribution is 7.98. The molecule has 3 atom stereocenters. The van der Waals surface area contributed by atoms with Gasteiger partial charge in [0.2, 0.25) is 5.91 Å². The van der Waals surface area contributed by atoms with Crippen LogP contribution in [0, 0.1) is 0 Å². The summed E-state index contributed by atoms with van der Waals surface area (Å²) >= 11 is 3.25. The fourth-order valence-corrected chi connectivity index (χ4v) is 3.82. The van der Waals surface area contributed by atoms with E-state index in [1.165, 1.54) is 4.88 Å². The highest BCUT2D eigenvalue weighted by atomic mass is 32.2. The second-order valence-electron chi connectivity index (χ2n) is 5.54. The van der Waals surface area contributed by atoms with Crippen molar-refractivity contribution in [3.8, 4) is 0 Å². The van der Waals surface area contributed by atoms with Crippen LogP contribution in [-0.2, 0) is 11.3 Å². The van der Waals surface area contributed by atoms with Gasteiger partial charge in [-0.2, -0.15) is 11.8 Å². The molecule has 1 aliphatic rings. The maximum Gasteiger partial charge on any atom is 0.248 e. The Kier molecular flexibility index (Phi) is 7.14. The zero-order valence-electron chi connectivity index (χ0n) is 12.7. The van der Waals surface area contributed by atoms with E-state index in [0.717, 1.165) is 5.75 Å². The van der Waals surface area contributed by atoms with Crippen molar-refractivity contribution >= 4 is 29.0 Å². The third-order valence-electron chi connectivity index (χ3n) is 3.83. The number of aliphatic hydroxyl groups excluding tert-OH is 1. The summed E-state index contributed by atoms with van der Waals surface area (Å²) in [5.41, 5.74) is 0. The van der Waals surface area contributed by atoms with E-state index >= 15 is 0 Å². The molecule has 0 spiro atoms. The lowest BCUT2D eigenvalue weighted by atomic mass is 10.2. The van der Waals surface area contributed by atoms with Crippen molar-refractivity contribution in [1.29, 1.82) is 0 Å². The smallest absolute Gasteiger partial charge is 0.248 e. The standard InChI is InChI=1S/C15H23FN2O2S2/c1-21-6-4-14(19)15(20)17-8-12-7-11(16)9-18(12)10-13-3-2-5-22-13/h2-3,5,11-12,14,19H,4,6-10H2,1H3,(H,17,20)/t11-,12-,14+/m0/s1. The van der Waals surface area contributed by atoms with Crippen molar-refractivity contribution in [1.82, 2.24) is 10.2 Å². The van der Waals surface area contributed by atoms with E-state index in [1.807, 2.05) is 23.8 Å². The van der Waals surface area contributed by atoms with Gasteiger partial charge in [0.1, 0.15) is 12.3 Å². The Morgan fingerprint density at radius 1 is 1.68 bits per heavy atom. The van der Waals surface area contributed by atoms with Gasteiger partial charge in [0.15, 0.2) is 0 Å². The molecule has 1 aliphatic heterocycles. The van der Waals surface area contributed by atoms with E-state index in [1.54, 1.807) is 23.1 Å². The summed E-state index contributed by atoms with van der Waals surface area (Å²) < 4.78 is 13.7. The maximum atomic E-state index is 13.7. The molecule has 0 radical (unpaired) electrons. The largest absolute Gasteiger partial charge is 0.383 e. The van der Waals surface area contributed by atoms with E-state index in [0.29, 0.717) is 32.5 Å². The van der Waals surface area contributed by atoms with Crippen molar-refractivity contribution in [3.05, 3.63) is 22.4 Å². The number of rotatable bonds is 8. The van der Waals surface area contributed by atoms with Crippen LogP contribution in [0.25, 0.3) is 0 Å². The van der Waals surface area contributed by atoms with Gasteiger partial charge in [-0.3, -0.25) is 9.69 Å². The van der Waals surface area contributed by atoms with Crippen LogP contribution in [0.4, 0.5) is 4.39 Å². The number of thiophene rings is 1. The fourth-order valence-electron chi connectivity index (χ4n) is 2.63. The topological polar surface area (TPSA) is 52.6 Å². The Morgan fingerprint density at radius 3 is 3.18 bits per heavy atom. The van der Waals surface area contributed by atoms with Crippen LogP contribution < -0.4 is 5.32 Å². The molecule has 1 saturated heterocycles. The minimum atomic E-state index is -0.972. The summed E-state index contributed by atoms with van der Waals surface area (Å²) in [5.74, 6) is 0.391. The lowest BCUT2D eigenvalue weighted by Crippen LogP contribution is -2.43. The molecule has 4 nitrogen and oxygen atoms in total. The zero-order valence-corrected chi connectivity index (χ0v) is 14.3. The van der Waals surface area contributed by atoms with Gasteiger partial charge in [0.25, 0.3) is 0 Å². The molecule has 2 rings (SSSR count). The van der Waals surface area contributed by atoms with Gasteiger partial charge in [-0.25, -0.2) is 4.39 Å². The average Bonchev–Trinajstić information content (AvgIpc) is 3.12. The van der Waals surface area contributed by atoms with Crippen molar-refractivity contribution in [3.63, 3.8) is 0 Å². The number of thioether (sulfide) groups is 1. The van der Waals surface area contributed by atoms with Crippen LogP contribution in [0.5, 0.6) is 0 Å². The van der Waals surface area contributed by atoms with Crippen LogP contribution in [-0.4, -0.2) is 59.3 Å². The lowest BCUT2D eigenvalue weighted by molar-refractivity contribution is -0.129. The summed E-state index contributed by atoms with van der Waals surface area (Å²) in [6, 6.07) is 4.02. The fraction of sp³-hybridized carbons (Fsp3) is 0.667. The number of carbonyl (C=O) groups excluding carboxylic acids is 1. The van der Waals surface area contributed by atoms with E-state index < -0.39 is 12.3 Å². The van der Waals surface area contributed by atoms with Crippen molar-refractivity contribution in [2.75, 3.05) is 25.1 Å². The minimum absolute atomic E-state index is 0.00574. The summed E-state index contributed by atoms with van der Waals surface area (Å²) in [4.78, 5) is 15.1. The molecule has 1 fully saturated rings. The summed E-state index contributed by atoms with van der Waals surface area (Å²) in [5, 5.41) is 14.5. The number of aliphatic hydroxyl groups is 1. The quantitative estimate of drug-likeness (QED) is 0.755. The number of hydrogen-bond acceptors (Lipinski definition) is 5. The van der Waals surface area contributed by atoms with E-state index in [4.69, 9.17) is 0 Å². The Bertz CT molecular complexity index is 458. The zero-order chi connectivity index (χ0) is 15.9. The number of halogens is 1. The SMILES string of the molecule is CSCC[C@@H](O)C(=O)NC[C@@H]1C[C@H](F)CN1Cc1cccs1. The van der Waals surface area contributed by atoms with Crippen LogP contribution in [0.15, 0.2) is 17.5 Å². The third kappa shape index (κ3) is 5.22. The minimum Gasteiger partial charge on any atom is -0.383 e. The molecule has 1 aromatic rings. The number of nitrogens with zero attached hydrogens (tertiary/aromatic N) is 1. The van der Waals surface area contributed by atoms with Crippen LogP contribution in [0.3, 0.4) is 0 Å². The second-order valence-corrected chi connectivity index (χ2v) is 7.56. The molecule has 1 amide bonds. The summed E-state index contributed by atoms with van der Waals surface area (Å²) in [6.07, 6.45) is 1.01. The molecule has 124 valence electrons. The molecule has 2 N–H and O–H groups in total. The number of likely N-dealkylation sites (tertiary alicyclic amines) is 1. The number of carbonyl (C=O) groups is 1. The predicted molar refractivity (Wildman–Crippen MR) is 90.0 cm³/mol. The van der Waals surface area contributed by atoms with E-state index in [2.05, 4.69) is 10.2 Å². The van der Waals surface area contributed by atoms with Crippen molar-refractivity contribution in [2.45, 2.75) is 37.7 Å². The predicted octanol–water partition coefficient (Wildman–Crippen LogP) is 1.89. The first-order valence-corrected chi connectivity index (χ1v) is 9.72. The van der Waals surface area contributed by atoms with Gasteiger partial charge in [-0.15, -0.1) is 11.3 Å². The third-order valence-corrected chi connectivity index (χ3v) is 5.33. The molecular formula is C15H23FN2O2S2. The highest BCUT2D eigenvalue weighted by Gasteiger charge is 2.32. The highest BCUT2D eigenvalue weighted by Crippen LogP contribution is 2.23. The molecule has 22 heavy (non-hydrogen) atoms. The van der Waals surface area contributed by atoms with E-state index in [-0.39, 0.29) is 11.9 Å². The van der Waals surface area contributed by atoms with Crippen LogP contribution in [0.2, 0.25) is 0 Å². The van der Waals surface area contributed by atoms with Crippen LogP contribution in [0.1, 0.15) is 17.7 Å². The molecule has 7 heteroatoms. The van der Waals surface area contributed by atoms with Crippen molar-refractivity contribution in [2.24, 2.45) is 0 Å². The maximum absolute atomic E-state index is 13.7. The number of hydrogen-bond donors (Lipinski definition) is 2. The van der Waals surface area contributed by atoms with Crippen LogP contribution >= 0.6 is 23.1 Å². The Hall–Kier alpha value is -0.630. The second kappa shape index (κ2) is 8.86. The molecule has 0 aliphatic carbocycles. The molecule has 0 saturated carbocycles. The van der Waals surface area contributed by atoms with Gasteiger partial charge < -0.3 is 10.4 Å². The number of alkyl halides is 1. The molecule has 0 aromatic carbocycles. The van der Waals surface area contributed by atoms with E-state index in [9.17, 15) is 14.3 Å². The first-order valence-electron chi connectivity index (χ1n) is 7.45. The first kappa shape index (κ1) is 17.7. The van der Waals surface area contributed by atoms with Gasteiger partial charge in [-0.05, 0) is 36.3 Å². The van der Waals surface area contributed by atoms with Gasteiger partial charge in [0.05, 0.1) is 0 Å². The molecule has 1 aromatic heterocycles. The number of amides is 1.